The van der Waals surface area contributed by atoms with Crippen molar-refractivity contribution in [2.75, 3.05) is 26.4 Å². The van der Waals surface area contributed by atoms with Crippen molar-refractivity contribution in [1.29, 1.82) is 0 Å². The van der Waals surface area contributed by atoms with Gasteiger partial charge in [0.25, 0.3) is 0 Å². The highest BCUT2D eigenvalue weighted by Gasteiger charge is 2.20. The zero-order valence-electron chi connectivity index (χ0n) is 15.0. The van der Waals surface area contributed by atoms with E-state index >= 15 is 0 Å². The largest absolute Gasteiger partial charge is 0.361 e. The van der Waals surface area contributed by atoms with Gasteiger partial charge in [0.15, 0.2) is 0 Å². The summed E-state index contributed by atoms with van der Waals surface area (Å²) in [7, 11) is 0. The first kappa shape index (κ1) is 20.9. The smallest absolute Gasteiger partial charge is 0.227 e. The molecule has 0 aromatic heterocycles. The summed E-state index contributed by atoms with van der Waals surface area (Å²) in [6, 6.07) is 0. The third kappa shape index (κ3) is 12.6. The fraction of sp³-hybridized carbons (Fsp3) is 0.875. The average Bonchev–Trinajstić information content (AvgIpc) is 2.35. The Morgan fingerprint density at radius 2 is 1.59 bits per heavy atom. The Morgan fingerprint density at radius 3 is 2.14 bits per heavy atom. The topological polar surface area (TPSA) is 79.5 Å². The van der Waals surface area contributed by atoms with Gasteiger partial charge in [-0.15, -0.1) is 0 Å². The van der Waals surface area contributed by atoms with E-state index < -0.39 is 5.41 Å². The highest BCUT2D eigenvalue weighted by atomic mass is 16.5. The first-order valence-electron chi connectivity index (χ1n) is 7.90. The van der Waals surface area contributed by atoms with Crippen molar-refractivity contribution >= 4 is 11.8 Å². The molecule has 0 saturated heterocycles. The molecule has 0 aliphatic carbocycles. The second-order valence-electron chi connectivity index (χ2n) is 7.44. The van der Waals surface area contributed by atoms with E-state index in [1.165, 1.54) is 0 Å². The van der Waals surface area contributed by atoms with Gasteiger partial charge in [-0.25, -0.2) is 0 Å². The monoisotopic (exact) mass is 315 g/mol. The van der Waals surface area contributed by atoms with Crippen molar-refractivity contribution in [3.63, 3.8) is 0 Å². The summed E-state index contributed by atoms with van der Waals surface area (Å²) in [5, 5.41) is 8.88. The Bertz CT molecular complexity index is 344. The van der Waals surface area contributed by atoms with Crippen LogP contribution in [0, 0.1) is 5.41 Å². The number of carbonyl (C=O) groups excluding carboxylic acids is 2. The third-order valence-corrected chi connectivity index (χ3v) is 2.82. The van der Waals surface area contributed by atoms with E-state index in [1.54, 1.807) is 0 Å². The lowest BCUT2D eigenvalue weighted by molar-refractivity contribution is -0.130. The van der Waals surface area contributed by atoms with Gasteiger partial charge in [-0.2, -0.15) is 0 Å². The van der Waals surface area contributed by atoms with Crippen LogP contribution in [0.2, 0.25) is 0 Å². The van der Waals surface area contributed by atoms with Crippen LogP contribution in [0.3, 0.4) is 0 Å². The Hall–Kier alpha value is -1.14. The maximum atomic E-state index is 11.6. The van der Waals surface area contributed by atoms with Crippen LogP contribution >= 0.6 is 0 Å². The fourth-order valence-electron chi connectivity index (χ4n) is 1.49. The van der Waals surface area contributed by atoms with Gasteiger partial charge < -0.3 is 20.7 Å². The number of rotatable bonds is 9. The molecule has 6 heteroatoms. The maximum Gasteiger partial charge on any atom is 0.227 e. The molecular weight excluding hydrogens is 282 g/mol. The van der Waals surface area contributed by atoms with E-state index in [2.05, 4.69) is 36.7 Å². The van der Waals surface area contributed by atoms with Crippen LogP contribution in [0.15, 0.2) is 0 Å². The molecule has 2 amide bonds. The van der Waals surface area contributed by atoms with Gasteiger partial charge in [-0.1, -0.05) is 20.8 Å². The molecule has 0 heterocycles. The molecule has 0 aromatic rings. The van der Waals surface area contributed by atoms with E-state index in [-0.39, 0.29) is 24.1 Å². The molecule has 0 atom stereocenters. The summed E-state index contributed by atoms with van der Waals surface area (Å²) >= 11 is 0. The highest BCUT2D eigenvalue weighted by molar-refractivity contribution is 5.81. The van der Waals surface area contributed by atoms with Gasteiger partial charge in [0.05, 0.1) is 13.0 Å². The SMILES string of the molecule is CC(C)(C)NCCCNC(=O)CCOCNC(=O)C(C)(C)C. The van der Waals surface area contributed by atoms with Gasteiger partial charge in [-0.3, -0.25) is 9.59 Å². The molecule has 0 aliphatic heterocycles. The van der Waals surface area contributed by atoms with Crippen LogP contribution in [-0.2, 0) is 14.3 Å². The lowest BCUT2D eigenvalue weighted by atomic mass is 9.96. The van der Waals surface area contributed by atoms with E-state index in [0.717, 1.165) is 13.0 Å². The van der Waals surface area contributed by atoms with Crippen molar-refractivity contribution in [3.05, 3.63) is 0 Å². The molecule has 0 aliphatic rings. The van der Waals surface area contributed by atoms with E-state index in [0.29, 0.717) is 19.6 Å². The molecule has 130 valence electrons. The van der Waals surface area contributed by atoms with Crippen LogP contribution in [0.4, 0.5) is 0 Å². The lowest BCUT2D eigenvalue weighted by Crippen LogP contribution is -2.38. The third-order valence-electron chi connectivity index (χ3n) is 2.82. The van der Waals surface area contributed by atoms with Gasteiger partial charge in [-0.05, 0) is 33.7 Å². The Balaban J connectivity index is 3.49. The zero-order valence-corrected chi connectivity index (χ0v) is 15.0. The normalized spacial score (nSPS) is 12.1. The first-order valence-corrected chi connectivity index (χ1v) is 7.90. The quantitative estimate of drug-likeness (QED) is 0.444. The lowest BCUT2D eigenvalue weighted by Gasteiger charge is -2.20. The average molecular weight is 315 g/mol. The zero-order chi connectivity index (χ0) is 17.2. The number of carbonyl (C=O) groups is 2. The predicted octanol–water partition coefficient (Wildman–Crippen LogP) is 1.41. The molecule has 0 unspecified atom stereocenters. The molecule has 3 N–H and O–H groups in total. The van der Waals surface area contributed by atoms with Crippen molar-refractivity contribution in [1.82, 2.24) is 16.0 Å². The molecular formula is C16H33N3O3. The number of ether oxygens (including phenoxy) is 1. The van der Waals surface area contributed by atoms with Crippen LogP contribution in [-0.4, -0.2) is 43.8 Å². The number of amides is 2. The standard InChI is InChI=1S/C16H33N3O3/c1-15(2,3)14(21)18-12-22-11-8-13(20)17-9-7-10-19-16(4,5)6/h19H,7-12H2,1-6H3,(H,17,20)(H,18,21). The molecule has 6 nitrogen and oxygen atoms in total. The maximum absolute atomic E-state index is 11.6. The number of nitrogens with one attached hydrogen (secondary N) is 3. The van der Waals surface area contributed by atoms with Crippen LogP contribution in [0.1, 0.15) is 54.4 Å². The first-order chi connectivity index (χ1) is 10.0. The molecule has 0 bridgehead atoms. The minimum atomic E-state index is -0.429. The minimum absolute atomic E-state index is 0.0297. The molecule has 0 fully saturated rings. The van der Waals surface area contributed by atoms with Gasteiger partial charge in [0.1, 0.15) is 6.73 Å². The summed E-state index contributed by atoms with van der Waals surface area (Å²) in [6.45, 7) is 13.8. The second-order valence-corrected chi connectivity index (χ2v) is 7.44. The number of hydrogen-bond acceptors (Lipinski definition) is 4. The molecule has 0 spiro atoms. The minimum Gasteiger partial charge on any atom is -0.361 e. The van der Waals surface area contributed by atoms with Gasteiger partial charge in [0.2, 0.25) is 11.8 Å². The van der Waals surface area contributed by atoms with Gasteiger partial charge in [0, 0.05) is 17.5 Å². The molecule has 0 radical (unpaired) electrons. The summed E-state index contributed by atoms with van der Waals surface area (Å²) in [5.74, 6) is -0.0961. The van der Waals surface area contributed by atoms with Crippen LogP contribution in [0.25, 0.3) is 0 Å². The Morgan fingerprint density at radius 1 is 0.955 bits per heavy atom. The Kier molecular flexibility index (Phi) is 9.28. The van der Waals surface area contributed by atoms with E-state index in [9.17, 15) is 9.59 Å². The molecule has 0 saturated carbocycles. The Labute approximate surface area is 134 Å². The molecule has 0 aromatic carbocycles. The van der Waals surface area contributed by atoms with Crippen molar-refractivity contribution in [2.24, 2.45) is 5.41 Å². The van der Waals surface area contributed by atoms with Crippen LogP contribution in [0.5, 0.6) is 0 Å². The van der Waals surface area contributed by atoms with Crippen molar-refractivity contribution in [2.45, 2.75) is 59.9 Å². The van der Waals surface area contributed by atoms with E-state index in [1.807, 2.05) is 20.8 Å². The predicted molar refractivity (Wildman–Crippen MR) is 88.4 cm³/mol. The summed E-state index contributed by atoms with van der Waals surface area (Å²) in [5.41, 5.74) is -0.322. The second kappa shape index (κ2) is 9.79. The van der Waals surface area contributed by atoms with Gasteiger partial charge >= 0.3 is 0 Å². The summed E-state index contributed by atoms with van der Waals surface area (Å²) < 4.78 is 5.24. The van der Waals surface area contributed by atoms with Crippen LogP contribution < -0.4 is 16.0 Å². The van der Waals surface area contributed by atoms with E-state index in [4.69, 9.17) is 4.74 Å². The van der Waals surface area contributed by atoms with Crippen molar-refractivity contribution < 1.29 is 14.3 Å². The molecule has 0 rings (SSSR count). The molecule has 22 heavy (non-hydrogen) atoms. The number of hydrogen-bond donors (Lipinski definition) is 3. The fourth-order valence-corrected chi connectivity index (χ4v) is 1.49. The van der Waals surface area contributed by atoms with Crippen molar-refractivity contribution in [3.8, 4) is 0 Å². The summed E-state index contributed by atoms with van der Waals surface area (Å²) in [6.07, 6.45) is 1.20. The highest BCUT2D eigenvalue weighted by Crippen LogP contribution is 2.11. The summed E-state index contributed by atoms with van der Waals surface area (Å²) in [4.78, 5) is 23.1.